The minimum Gasteiger partial charge on any atom is -0.493 e. The highest BCUT2D eigenvalue weighted by Gasteiger charge is 2.38. The molecule has 2 unspecified atom stereocenters. The van der Waals surface area contributed by atoms with Gasteiger partial charge in [-0.2, -0.15) is 0 Å². The Morgan fingerprint density at radius 2 is 1.87 bits per heavy atom. The Balaban J connectivity index is 1.67. The van der Waals surface area contributed by atoms with E-state index in [9.17, 15) is 9.59 Å². The summed E-state index contributed by atoms with van der Waals surface area (Å²) < 4.78 is 11.1. The highest BCUT2D eigenvalue weighted by Crippen LogP contribution is 2.44. The van der Waals surface area contributed by atoms with E-state index in [1.54, 1.807) is 13.2 Å². The lowest BCUT2D eigenvalue weighted by Crippen LogP contribution is -2.38. The summed E-state index contributed by atoms with van der Waals surface area (Å²) in [7, 11) is 1.60. The first kappa shape index (κ1) is 20.5. The van der Waals surface area contributed by atoms with Crippen molar-refractivity contribution in [1.29, 1.82) is 0 Å². The van der Waals surface area contributed by atoms with E-state index in [-0.39, 0.29) is 29.9 Å². The summed E-state index contributed by atoms with van der Waals surface area (Å²) in [6.07, 6.45) is 1.25. The molecule has 1 heterocycles. The number of nitrogens with one attached hydrogen (secondary N) is 1. The molecule has 1 aliphatic carbocycles. The number of rotatable bonds is 5. The molecule has 2 aliphatic rings. The fourth-order valence-corrected chi connectivity index (χ4v) is 4.62. The Labute approximate surface area is 181 Å². The molecule has 2 aromatic rings. The normalized spacial score (nSPS) is 21.2. The maximum absolute atomic E-state index is 13.2. The van der Waals surface area contributed by atoms with Crippen LogP contribution in [0.5, 0.6) is 11.5 Å². The molecular weight excluding hydrogens is 402 g/mol. The summed E-state index contributed by atoms with van der Waals surface area (Å²) in [6.45, 7) is 2.47. The smallest absolute Gasteiger partial charge is 0.225 e. The van der Waals surface area contributed by atoms with Crippen molar-refractivity contribution >= 4 is 23.3 Å². The Bertz CT molecular complexity index is 1030. The number of carbonyl (C=O) groups is 2. The summed E-state index contributed by atoms with van der Waals surface area (Å²) in [4.78, 5) is 25.6. The van der Waals surface area contributed by atoms with Crippen LogP contribution in [0.3, 0.4) is 0 Å². The third-order valence-corrected chi connectivity index (χ3v) is 5.98. The maximum Gasteiger partial charge on any atom is 0.225 e. The SMILES string of the molecule is CCOc1ccc(C2CC(=O)C3=C(C2)NC(=O)CC3c2cccc(Cl)c2)cc1OC. The second kappa shape index (κ2) is 8.52. The topological polar surface area (TPSA) is 64.6 Å². The molecule has 0 saturated carbocycles. The van der Waals surface area contributed by atoms with Crippen LogP contribution in [0.25, 0.3) is 0 Å². The number of ketones is 1. The molecule has 2 aromatic carbocycles. The van der Waals surface area contributed by atoms with E-state index < -0.39 is 0 Å². The van der Waals surface area contributed by atoms with E-state index in [1.807, 2.05) is 43.3 Å². The van der Waals surface area contributed by atoms with Crippen molar-refractivity contribution in [3.8, 4) is 11.5 Å². The van der Waals surface area contributed by atoms with Gasteiger partial charge in [-0.15, -0.1) is 0 Å². The van der Waals surface area contributed by atoms with Gasteiger partial charge in [0.1, 0.15) is 0 Å². The molecule has 5 nitrogen and oxygen atoms in total. The van der Waals surface area contributed by atoms with Gasteiger partial charge in [-0.05, 0) is 54.7 Å². The number of benzene rings is 2. The van der Waals surface area contributed by atoms with Crippen molar-refractivity contribution < 1.29 is 19.1 Å². The molecule has 0 fully saturated rings. The summed E-state index contributed by atoms with van der Waals surface area (Å²) in [5, 5.41) is 3.55. The van der Waals surface area contributed by atoms with Gasteiger partial charge in [-0.25, -0.2) is 0 Å². The molecule has 0 radical (unpaired) electrons. The number of hydrogen-bond acceptors (Lipinski definition) is 4. The molecule has 0 bridgehead atoms. The third kappa shape index (κ3) is 3.94. The van der Waals surface area contributed by atoms with E-state index in [2.05, 4.69) is 5.32 Å². The molecular formula is C24H24ClNO4. The van der Waals surface area contributed by atoms with Crippen molar-refractivity contribution in [2.24, 2.45) is 0 Å². The van der Waals surface area contributed by atoms with Crippen molar-refractivity contribution in [3.05, 3.63) is 69.9 Å². The van der Waals surface area contributed by atoms with Crippen LogP contribution < -0.4 is 14.8 Å². The van der Waals surface area contributed by atoms with Crippen LogP contribution in [0.1, 0.15) is 49.1 Å². The molecule has 1 aliphatic heterocycles. The highest BCUT2D eigenvalue weighted by atomic mass is 35.5. The van der Waals surface area contributed by atoms with Crippen LogP contribution in [0.4, 0.5) is 0 Å². The van der Waals surface area contributed by atoms with Gasteiger partial charge in [-0.1, -0.05) is 29.8 Å². The second-order valence-corrected chi connectivity index (χ2v) is 8.06. The average molecular weight is 426 g/mol. The van der Waals surface area contributed by atoms with Crippen LogP contribution >= 0.6 is 11.6 Å². The first-order chi connectivity index (χ1) is 14.5. The predicted octanol–water partition coefficient (Wildman–Crippen LogP) is 4.75. The number of ether oxygens (including phenoxy) is 2. The van der Waals surface area contributed by atoms with Crippen LogP contribution in [0, 0.1) is 0 Å². The van der Waals surface area contributed by atoms with Crippen LogP contribution in [0.2, 0.25) is 5.02 Å². The Hall–Kier alpha value is -2.79. The second-order valence-electron chi connectivity index (χ2n) is 7.62. The highest BCUT2D eigenvalue weighted by molar-refractivity contribution is 6.30. The lowest BCUT2D eigenvalue weighted by Gasteiger charge is -2.34. The van der Waals surface area contributed by atoms with E-state index >= 15 is 0 Å². The monoisotopic (exact) mass is 425 g/mol. The Kier molecular flexibility index (Phi) is 5.82. The van der Waals surface area contributed by atoms with Crippen molar-refractivity contribution in [2.45, 2.75) is 38.0 Å². The maximum atomic E-state index is 13.2. The molecule has 0 aromatic heterocycles. The quantitative estimate of drug-likeness (QED) is 0.750. The largest absolute Gasteiger partial charge is 0.493 e. The first-order valence-electron chi connectivity index (χ1n) is 10.1. The van der Waals surface area contributed by atoms with E-state index in [0.29, 0.717) is 41.5 Å². The number of amides is 1. The van der Waals surface area contributed by atoms with E-state index in [1.165, 1.54) is 0 Å². The molecule has 6 heteroatoms. The van der Waals surface area contributed by atoms with Gasteiger partial charge in [0.15, 0.2) is 17.3 Å². The van der Waals surface area contributed by atoms with Gasteiger partial charge in [0.05, 0.1) is 13.7 Å². The zero-order chi connectivity index (χ0) is 21.3. The van der Waals surface area contributed by atoms with Gasteiger partial charge in [0.2, 0.25) is 5.91 Å². The minimum absolute atomic E-state index is 0.0285. The average Bonchev–Trinajstić information content (AvgIpc) is 2.73. The summed E-state index contributed by atoms with van der Waals surface area (Å²) >= 11 is 6.16. The van der Waals surface area contributed by atoms with E-state index in [4.69, 9.17) is 21.1 Å². The van der Waals surface area contributed by atoms with Gasteiger partial charge >= 0.3 is 0 Å². The van der Waals surface area contributed by atoms with Crippen molar-refractivity contribution in [3.63, 3.8) is 0 Å². The standard InChI is InChI=1S/C24H24ClNO4/c1-3-30-21-8-7-14(12-22(21)29-2)16-10-19-24(20(27)11-16)18(13-23(28)26-19)15-5-4-6-17(25)9-15/h4-9,12,16,18H,3,10-11,13H2,1-2H3,(H,26,28). The summed E-state index contributed by atoms with van der Waals surface area (Å²) in [6, 6.07) is 13.2. The predicted molar refractivity (Wildman–Crippen MR) is 115 cm³/mol. The molecule has 4 rings (SSSR count). The minimum atomic E-state index is -0.254. The first-order valence-corrected chi connectivity index (χ1v) is 10.5. The van der Waals surface area contributed by atoms with Crippen LogP contribution in [-0.4, -0.2) is 25.4 Å². The molecule has 156 valence electrons. The molecule has 1 N–H and O–H groups in total. The lowest BCUT2D eigenvalue weighted by molar-refractivity contribution is -0.122. The van der Waals surface area contributed by atoms with Gasteiger partial charge in [0.25, 0.3) is 0 Å². The number of Topliss-reactive ketones (excluding diaryl/α,β-unsaturated/α-hetero) is 1. The van der Waals surface area contributed by atoms with Gasteiger partial charge in [-0.3, -0.25) is 9.59 Å². The third-order valence-electron chi connectivity index (χ3n) is 5.75. The van der Waals surface area contributed by atoms with Crippen LogP contribution in [-0.2, 0) is 9.59 Å². The number of halogens is 1. The summed E-state index contributed by atoms with van der Waals surface area (Å²) in [5.74, 6) is 1.04. The fourth-order valence-electron chi connectivity index (χ4n) is 4.42. The molecule has 2 atom stereocenters. The van der Waals surface area contributed by atoms with Gasteiger partial charge in [0, 0.05) is 35.1 Å². The van der Waals surface area contributed by atoms with Crippen molar-refractivity contribution in [1.82, 2.24) is 5.32 Å². The number of hydrogen-bond donors (Lipinski definition) is 1. The number of methoxy groups -OCH3 is 1. The number of allylic oxidation sites excluding steroid dienone is 2. The molecule has 0 saturated heterocycles. The number of carbonyl (C=O) groups excluding carboxylic acids is 2. The lowest BCUT2D eigenvalue weighted by atomic mass is 9.73. The Morgan fingerprint density at radius 3 is 2.60 bits per heavy atom. The molecule has 0 spiro atoms. The molecule has 1 amide bonds. The zero-order valence-corrected chi connectivity index (χ0v) is 17.8. The summed E-state index contributed by atoms with van der Waals surface area (Å²) in [5.41, 5.74) is 3.34. The van der Waals surface area contributed by atoms with E-state index in [0.717, 1.165) is 16.8 Å². The fraction of sp³-hybridized carbons (Fsp3) is 0.333. The van der Waals surface area contributed by atoms with Crippen molar-refractivity contribution in [2.75, 3.05) is 13.7 Å². The van der Waals surface area contributed by atoms with Crippen LogP contribution in [0.15, 0.2) is 53.7 Å². The molecule has 30 heavy (non-hydrogen) atoms. The Morgan fingerprint density at radius 1 is 1.03 bits per heavy atom. The van der Waals surface area contributed by atoms with Gasteiger partial charge < -0.3 is 14.8 Å². The zero-order valence-electron chi connectivity index (χ0n) is 17.0.